The standard InChI is InChI=1S/C25H20ClF2N3O2/c26-20-12-9-18(10-13-20)24-29-31(16-21(32)14-11-17-5-1-3-7-22(17)27)25(33)30(24)15-19-6-2-4-8-23(19)28/h1-10,12-13H,11,14-16H2. The van der Waals surface area contributed by atoms with E-state index in [2.05, 4.69) is 5.10 Å². The Morgan fingerprint density at radius 2 is 1.48 bits per heavy atom. The lowest BCUT2D eigenvalue weighted by Crippen LogP contribution is -2.28. The predicted octanol–water partition coefficient (Wildman–Crippen LogP) is 4.89. The van der Waals surface area contributed by atoms with Gasteiger partial charge in [0.2, 0.25) is 0 Å². The van der Waals surface area contributed by atoms with Gasteiger partial charge in [-0.1, -0.05) is 48.0 Å². The fourth-order valence-electron chi connectivity index (χ4n) is 3.52. The predicted molar refractivity (Wildman–Crippen MR) is 122 cm³/mol. The smallest absolute Gasteiger partial charge is 0.298 e. The summed E-state index contributed by atoms with van der Waals surface area (Å²) in [6, 6.07) is 19.1. The molecule has 0 spiro atoms. The van der Waals surface area contributed by atoms with Gasteiger partial charge in [0, 0.05) is 22.6 Å². The molecular weight excluding hydrogens is 448 g/mol. The fraction of sp³-hybridized carbons (Fsp3) is 0.160. The van der Waals surface area contributed by atoms with Gasteiger partial charge in [-0.15, -0.1) is 5.10 Å². The van der Waals surface area contributed by atoms with Crippen molar-refractivity contribution in [1.29, 1.82) is 0 Å². The Labute approximate surface area is 193 Å². The third-order valence-corrected chi connectivity index (χ3v) is 5.52. The van der Waals surface area contributed by atoms with Crippen LogP contribution in [0.3, 0.4) is 0 Å². The van der Waals surface area contributed by atoms with Crippen LogP contribution in [-0.4, -0.2) is 20.1 Å². The quantitative estimate of drug-likeness (QED) is 0.370. The van der Waals surface area contributed by atoms with E-state index in [0.717, 1.165) is 4.68 Å². The Morgan fingerprint density at radius 1 is 0.879 bits per heavy atom. The van der Waals surface area contributed by atoms with E-state index in [1.165, 1.54) is 16.7 Å². The van der Waals surface area contributed by atoms with E-state index in [4.69, 9.17) is 11.6 Å². The average molecular weight is 468 g/mol. The highest BCUT2D eigenvalue weighted by Crippen LogP contribution is 2.20. The van der Waals surface area contributed by atoms with E-state index in [1.807, 2.05) is 0 Å². The minimum atomic E-state index is -0.539. The fourth-order valence-corrected chi connectivity index (χ4v) is 3.64. The molecule has 0 aliphatic rings. The zero-order valence-electron chi connectivity index (χ0n) is 17.5. The lowest BCUT2D eigenvalue weighted by molar-refractivity contribution is -0.119. The van der Waals surface area contributed by atoms with Crippen molar-refractivity contribution < 1.29 is 13.6 Å². The van der Waals surface area contributed by atoms with Crippen molar-refractivity contribution in [2.45, 2.75) is 25.9 Å². The number of hydrogen-bond acceptors (Lipinski definition) is 3. The van der Waals surface area contributed by atoms with Crippen LogP contribution in [0, 0.1) is 11.6 Å². The van der Waals surface area contributed by atoms with Crippen LogP contribution < -0.4 is 5.69 Å². The molecule has 1 heterocycles. The molecule has 0 atom stereocenters. The number of ketones is 1. The Hall–Kier alpha value is -3.58. The number of nitrogens with zero attached hydrogens (tertiary/aromatic N) is 3. The van der Waals surface area contributed by atoms with Crippen molar-refractivity contribution in [3.63, 3.8) is 0 Å². The summed E-state index contributed by atoms with van der Waals surface area (Å²) in [7, 11) is 0. The molecule has 0 saturated heterocycles. The highest BCUT2D eigenvalue weighted by molar-refractivity contribution is 6.30. The van der Waals surface area contributed by atoms with Gasteiger partial charge in [0.15, 0.2) is 11.6 Å². The first-order chi connectivity index (χ1) is 15.9. The third kappa shape index (κ3) is 5.26. The molecule has 0 N–H and O–H groups in total. The van der Waals surface area contributed by atoms with Crippen molar-refractivity contribution in [3.8, 4) is 11.4 Å². The summed E-state index contributed by atoms with van der Waals surface area (Å²) >= 11 is 5.98. The molecule has 168 valence electrons. The van der Waals surface area contributed by atoms with Gasteiger partial charge < -0.3 is 0 Å². The first-order valence-electron chi connectivity index (χ1n) is 10.3. The van der Waals surface area contributed by atoms with Crippen molar-refractivity contribution in [1.82, 2.24) is 14.3 Å². The Morgan fingerprint density at radius 3 is 2.12 bits per heavy atom. The number of aromatic nitrogens is 3. The molecule has 4 rings (SSSR count). The summed E-state index contributed by atoms with van der Waals surface area (Å²) in [5, 5.41) is 4.87. The van der Waals surface area contributed by atoms with E-state index < -0.39 is 11.5 Å². The molecule has 0 saturated carbocycles. The average Bonchev–Trinajstić information content (AvgIpc) is 3.10. The number of carbonyl (C=O) groups is 1. The van der Waals surface area contributed by atoms with Crippen LogP contribution in [0.15, 0.2) is 77.6 Å². The maximum Gasteiger partial charge on any atom is 0.346 e. The molecule has 1 aromatic heterocycles. The molecular formula is C25H20ClF2N3O2. The zero-order chi connectivity index (χ0) is 23.4. The largest absolute Gasteiger partial charge is 0.346 e. The SMILES string of the molecule is O=C(CCc1ccccc1F)Cn1nc(-c2ccc(Cl)cc2)n(Cc2ccccc2F)c1=O. The summed E-state index contributed by atoms with van der Waals surface area (Å²) in [5.41, 5.74) is 0.818. The molecule has 5 nitrogen and oxygen atoms in total. The third-order valence-electron chi connectivity index (χ3n) is 5.27. The molecule has 33 heavy (non-hydrogen) atoms. The number of aryl methyl sites for hydroxylation is 1. The molecule has 0 unspecified atom stereocenters. The molecule has 0 aliphatic carbocycles. The topological polar surface area (TPSA) is 56.9 Å². The first-order valence-corrected chi connectivity index (χ1v) is 10.7. The normalized spacial score (nSPS) is 11.0. The van der Waals surface area contributed by atoms with Crippen molar-refractivity contribution >= 4 is 17.4 Å². The number of rotatable bonds is 8. The van der Waals surface area contributed by atoms with E-state index in [0.29, 0.717) is 27.5 Å². The van der Waals surface area contributed by atoms with Crippen LogP contribution in [-0.2, 0) is 24.3 Å². The summed E-state index contributed by atoms with van der Waals surface area (Å²) in [6.07, 6.45) is 0.282. The van der Waals surface area contributed by atoms with Gasteiger partial charge in [-0.2, -0.15) is 0 Å². The molecule has 0 amide bonds. The van der Waals surface area contributed by atoms with Gasteiger partial charge in [0.25, 0.3) is 0 Å². The van der Waals surface area contributed by atoms with E-state index >= 15 is 0 Å². The Bertz CT molecular complexity index is 1350. The number of carbonyl (C=O) groups excluding carboxylic acids is 1. The van der Waals surface area contributed by atoms with Crippen molar-refractivity contribution in [2.24, 2.45) is 0 Å². The second-order valence-electron chi connectivity index (χ2n) is 7.58. The summed E-state index contributed by atoms with van der Waals surface area (Å²) in [5.74, 6) is -0.790. The maximum atomic E-state index is 14.3. The van der Waals surface area contributed by atoms with Gasteiger partial charge in [0.05, 0.1) is 6.54 Å². The van der Waals surface area contributed by atoms with Gasteiger partial charge in [-0.25, -0.2) is 18.3 Å². The second kappa shape index (κ2) is 9.92. The highest BCUT2D eigenvalue weighted by atomic mass is 35.5. The molecule has 4 aromatic rings. The number of halogens is 3. The maximum absolute atomic E-state index is 14.3. The molecule has 0 bridgehead atoms. The second-order valence-corrected chi connectivity index (χ2v) is 8.01. The molecule has 8 heteroatoms. The summed E-state index contributed by atoms with van der Waals surface area (Å²) in [4.78, 5) is 25.7. The van der Waals surface area contributed by atoms with Gasteiger partial charge in [0.1, 0.15) is 18.2 Å². The summed E-state index contributed by atoms with van der Waals surface area (Å²) in [6.45, 7) is -0.314. The Kier molecular flexibility index (Phi) is 6.79. The number of hydrogen-bond donors (Lipinski definition) is 0. The van der Waals surface area contributed by atoms with Gasteiger partial charge in [-0.3, -0.25) is 9.36 Å². The van der Waals surface area contributed by atoms with Crippen LogP contribution in [0.2, 0.25) is 5.02 Å². The Balaban J connectivity index is 1.62. The summed E-state index contributed by atoms with van der Waals surface area (Å²) < 4.78 is 30.5. The lowest BCUT2D eigenvalue weighted by Gasteiger charge is -2.07. The minimum absolute atomic E-state index is 0.0487. The monoisotopic (exact) mass is 467 g/mol. The van der Waals surface area contributed by atoms with Crippen LogP contribution in [0.25, 0.3) is 11.4 Å². The van der Waals surface area contributed by atoms with Crippen LogP contribution in [0.4, 0.5) is 8.78 Å². The van der Waals surface area contributed by atoms with Crippen molar-refractivity contribution in [2.75, 3.05) is 0 Å². The van der Waals surface area contributed by atoms with Crippen molar-refractivity contribution in [3.05, 3.63) is 111 Å². The van der Waals surface area contributed by atoms with E-state index in [9.17, 15) is 18.4 Å². The number of Topliss-reactive ketones (excluding diaryl/α,β-unsaturated/α-hetero) is 1. The lowest BCUT2D eigenvalue weighted by atomic mass is 10.1. The molecule has 3 aromatic carbocycles. The minimum Gasteiger partial charge on any atom is -0.298 e. The van der Waals surface area contributed by atoms with Crippen LogP contribution in [0.5, 0.6) is 0 Å². The molecule has 0 fully saturated rings. The molecule has 0 aliphatic heterocycles. The van der Waals surface area contributed by atoms with E-state index in [1.54, 1.807) is 60.7 Å². The van der Waals surface area contributed by atoms with Gasteiger partial charge in [-0.05, 0) is 48.4 Å². The molecule has 0 radical (unpaired) electrons. The highest BCUT2D eigenvalue weighted by Gasteiger charge is 2.18. The number of benzene rings is 3. The van der Waals surface area contributed by atoms with Gasteiger partial charge >= 0.3 is 5.69 Å². The van der Waals surface area contributed by atoms with Crippen LogP contribution in [0.1, 0.15) is 17.5 Å². The van der Waals surface area contributed by atoms with E-state index in [-0.39, 0.29) is 37.5 Å². The zero-order valence-corrected chi connectivity index (χ0v) is 18.3. The van der Waals surface area contributed by atoms with Crippen LogP contribution >= 0.6 is 11.6 Å². The first kappa shape index (κ1) is 22.6.